The molecule has 0 spiro atoms. The largest absolute Gasteiger partial charge is 0.482 e. The summed E-state index contributed by atoms with van der Waals surface area (Å²) < 4.78 is 5.32. The number of ether oxygens (including phenoxy) is 1. The molecule has 2 aromatic rings. The molecule has 21 heavy (non-hydrogen) atoms. The zero-order valence-electron chi connectivity index (χ0n) is 10.5. The minimum absolute atomic E-state index is 0.233. The van der Waals surface area contributed by atoms with Crippen molar-refractivity contribution in [1.82, 2.24) is 0 Å². The van der Waals surface area contributed by atoms with Crippen LogP contribution in [0.3, 0.4) is 0 Å². The summed E-state index contributed by atoms with van der Waals surface area (Å²) in [7, 11) is 0. The van der Waals surface area contributed by atoms with E-state index in [0.717, 1.165) is 0 Å². The van der Waals surface area contributed by atoms with Crippen molar-refractivity contribution in [3.63, 3.8) is 0 Å². The number of carbonyl (C=O) groups excluding carboxylic acids is 1. The molecule has 2 rings (SSSR count). The van der Waals surface area contributed by atoms with Gasteiger partial charge >= 0.3 is 0 Å². The van der Waals surface area contributed by atoms with Crippen molar-refractivity contribution in [2.24, 2.45) is 0 Å². The first-order valence-corrected chi connectivity index (χ1v) is 7.29. The van der Waals surface area contributed by atoms with E-state index in [0.29, 0.717) is 31.5 Å². The van der Waals surface area contributed by atoms with Crippen molar-refractivity contribution in [1.29, 1.82) is 0 Å². The maximum absolute atomic E-state index is 11.8. The lowest BCUT2D eigenvalue weighted by atomic mass is 10.3. The lowest BCUT2D eigenvalue weighted by Crippen LogP contribution is -2.20. The van der Waals surface area contributed by atoms with Crippen molar-refractivity contribution in [2.45, 2.75) is 0 Å². The van der Waals surface area contributed by atoms with Crippen LogP contribution >= 0.6 is 46.4 Å². The van der Waals surface area contributed by atoms with Gasteiger partial charge in [0.05, 0.1) is 15.7 Å². The third-order valence-electron chi connectivity index (χ3n) is 2.45. The molecule has 110 valence electrons. The van der Waals surface area contributed by atoms with Gasteiger partial charge < -0.3 is 10.1 Å². The summed E-state index contributed by atoms with van der Waals surface area (Å²) in [4.78, 5) is 11.8. The van der Waals surface area contributed by atoms with Gasteiger partial charge in [0.2, 0.25) is 0 Å². The first-order chi connectivity index (χ1) is 9.95. The highest BCUT2D eigenvalue weighted by atomic mass is 35.5. The topological polar surface area (TPSA) is 38.3 Å². The molecule has 0 aliphatic rings. The summed E-state index contributed by atoms with van der Waals surface area (Å²) in [5, 5.41) is 4.28. The van der Waals surface area contributed by atoms with E-state index in [1.54, 1.807) is 30.3 Å². The van der Waals surface area contributed by atoms with Crippen molar-refractivity contribution in [3.8, 4) is 5.75 Å². The number of carbonyl (C=O) groups is 1. The van der Waals surface area contributed by atoms with Gasteiger partial charge in [-0.1, -0.05) is 46.4 Å². The number of amides is 1. The lowest BCUT2D eigenvalue weighted by molar-refractivity contribution is -0.118. The minimum Gasteiger partial charge on any atom is -0.482 e. The Morgan fingerprint density at radius 3 is 2.29 bits per heavy atom. The SMILES string of the molecule is O=C(COc1cc(Cl)ccc1Cl)Nc1cc(Cl)ccc1Cl. The second-order valence-electron chi connectivity index (χ2n) is 4.04. The molecule has 0 fully saturated rings. The average Bonchev–Trinajstić information content (AvgIpc) is 2.44. The van der Waals surface area contributed by atoms with Gasteiger partial charge in [-0.25, -0.2) is 0 Å². The maximum atomic E-state index is 11.8. The van der Waals surface area contributed by atoms with E-state index < -0.39 is 5.91 Å². The fourth-order valence-electron chi connectivity index (χ4n) is 1.51. The smallest absolute Gasteiger partial charge is 0.262 e. The number of anilines is 1. The predicted molar refractivity (Wildman–Crippen MR) is 87.0 cm³/mol. The van der Waals surface area contributed by atoms with E-state index in [4.69, 9.17) is 51.1 Å². The fraction of sp³-hybridized carbons (Fsp3) is 0.0714. The molecule has 0 heterocycles. The Morgan fingerprint density at radius 2 is 1.57 bits per heavy atom. The van der Waals surface area contributed by atoms with Crippen molar-refractivity contribution < 1.29 is 9.53 Å². The third kappa shape index (κ3) is 4.68. The number of hydrogen-bond donors (Lipinski definition) is 1. The standard InChI is InChI=1S/C14H9Cl4NO2/c15-8-1-3-10(17)12(5-8)19-14(20)7-21-13-6-9(16)2-4-11(13)18/h1-6H,7H2,(H,19,20). The van der Waals surface area contributed by atoms with Crippen LogP contribution in [0.4, 0.5) is 5.69 Å². The Morgan fingerprint density at radius 1 is 0.952 bits per heavy atom. The van der Waals surface area contributed by atoms with E-state index in [9.17, 15) is 4.79 Å². The zero-order chi connectivity index (χ0) is 15.4. The third-order valence-corrected chi connectivity index (χ3v) is 3.57. The second-order valence-corrected chi connectivity index (χ2v) is 5.72. The summed E-state index contributed by atoms with van der Waals surface area (Å²) in [6.45, 7) is -0.233. The minimum atomic E-state index is -0.393. The Kier molecular flexibility index (Phi) is 5.59. The van der Waals surface area contributed by atoms with E-state index in [1.807, 2.05) is 0 Å². The molecule has 1 N–H and O–H groups in total. The number of nitrogens with one attached hydrogen (secondary N) is 1. The van der Waals surface area contributed by atoms with Crippen LogP contribution in [0.5, 0.6) is 5.75 Å². The van der Waals surface area contributed by atoms with E-state index in [-0.39, 0.29) is 6.61 Å². The molecule has 0 radical (unpaired) electrons. The average molecular weight is 365 g/mol. The molecule has 0 aliphatic carbocycles. The summed E-state index contributed by atoms with van der Waals surface area (Å²) in [6.07, 6.45) is 0. The highest BCUT2D eigenvalue weighted by Gasteiger charge is 2.09. The Labute approximate surface area is 141 Å². The number of benzene rings is 2. The molecular formula is C14H9Cl4NO2. The Bertz CT molecular complexity index is 676. The lowest BCUT2D eigenvalue weighted by Gasteiger charge is -2.10. The van der Waals surface area contributed by atoms with Crippen molar-refractivity contribution >= 4 is 58.0 Å². The van der Waals surface area contributed by atoms with Crippen LogP contribution in [-0.2, 0) is 4.79 Å². The summed E-state index contributed by atoms with van der Waals surface area (Å²) in [5.74, 6) is -0.0632. The Balaban J connectivity index is 1.99. The molecule has 0 bridgehead atoms. The molecular weight excluding hydrogens is 356 g/mol. The van der Waals surface area contributed by atoms with E-state index in [2.05, 4.69) is 5.32 Å². The maximum Gasteiger partial charge on any atom is 0.262 e. The molecule has 7 heteroatoms. The molecule has 3 nitrogen and oxygen atoms in total. The Hall–Kier alpha value is -1.13. The van der Waals surface area contributed by atoms with Gasteiger partial charge in [0.25, 0.3) is 5.91 Å². The molecule has 0 aromatic heterocycles. The van der Waals surface area contributed by atoms with Gasteiger partial charge in [0, 0.05) is 16.1 Å². The van der Waals surface area contributed by atoms with Gasteiger partial charge in [0.15, 0.2) is 6.61 Å². The molecule has 2 aromatic carbocycles. The summed E-state index contributed by atoms with van der Waals surface area (Å²) in [6, 6.07) is 9.52. The van der Waals surface area contributed by atoms with Crippen LogP contribution in [0.25, 0.3) is 0 Å². The van der Waals surface area contributed by atoms with Crippen LogP contribution < -0.4 is 10.1 Å². The first-order valence-electron chi connectivity index (χ1n) is 5.78. The summed E-state index contributed by atoms with van der Waals surface area (Å²) in [5.41, 5.74) is 0.412. The monoisotopic (exact) mass is 363 g/mol. The van der Waals surface area contributed by atoms with Gasteiger partial charge in [-0.2, -0.15) is 0 Å². The van der Waals surface area contributed by atoms with Crippen LogP contribution in [0.1, 0.15) is 0 Å². The van der Waals surface area contributed by atoms with Crippen LogP contribution in [0.2, 0.25) is 20.1 Å². The molecule has 0 atom stereocenters. The van der Waals surface area contributed by atoms with Crippen molar-refractivity contribution in [2.75, 3.05) is 11.9 Å². The number of halogens is 4. The van der Waals surface area contributed by atoms with Gasteiger partial charge in [-0.05, 0) is 30.3 Å². The highest BCUT2D eigenvalue weighted by molar-refractivity contribution is 6.36. The fourth-order valence-corrected chi connectivity index (χ4v) is 2.18. The van der Waals surface area contributed by atoms with Crippen molar-refractivity contribution in [3.05, 3.63) is 56.5 Å². The van der Waals surface area contributed by atoms with Gasteiger partial charge in [-0.3, -0.25) is 4.79 Å². The predicted octanol–water partition coefficient (Wildman–Crippen LogP) is 5.32. The summed E-state index contributed by atoms with van der Waals surface area (Å²) >= 11 is 23.5. The molecule has 1 amide bonds. The normalized spacial score (nSPS) is 10.3. The molecule has 0 saturated heterocycles. The molecule has 0 saturated carbocycles. The van der Waals surface area contributed by atoms with E-state index in [1.165, 1.54) is 6.07 Å². The zero-order valence-corrected chi connectivity index (χ0v) is 13.5. The first kappa shape index (κ1) is 16.2. The highest BCUT2D eigenvalue weighted by Crippen LogP contribution is 2.28. The number of hydrogen-bond acceptors (Lipinski definition) is 2. The van der Waals surface area contributed by atoms with Crippen LogP contribution in [0, 0.1) is 0 Å². The van der Waals surface area contributed by atoms with Gasteiger partial charge in [-0.15, -0.1) is 0 Å². The van der Waals surface area contributed by atoms with Crippen LogP contribution in [-0.4, -0.2) is 12.5 Å². The molecule has 0 aliphatic heterocycles. The molecule has 0 unspecified atom stereocenters. The quantitative estimate of drug-likeness (QED) is 0.797. The van der Waals surface area contributed by atoms with Gasteiger partial charge in [0.1, 0.15) is 5.75 Å². The van der Waals surface area contributed by atoms with E-state index >= 15 is 0 Å². The number of rotatable bonds is 4. The second kappa shape index (κ2) is 7.23. The van der Waals surface area contributed by atoms with Crippen LogP contribution in [0.15, 0.2) is 36.4 Å².